The molecule has 0 unspecified atom stereocenters. The van der Waals surface area contributed by atoms with Crippen LogP contribution in [-0.4, -0.2) is 27.4 Å². The summed E-state index contributed by atoms with van der Waals surface area (Å²) in [5.41, 5.74) is 4.84. The van der Waals surface area contributed by atoms with Crippen LogP contribution in [0.15, 0.2) is 59.5 Å². The fourth-order valence-corrected chi connectivity index (χ4v) is 4.11. The zero-order valence-electron chi connectivity index (χ0n) is 19.4. The van der Waals surface area contributed by atoms with Gasteiger partial charge in [-0.3, -0.25) is 9.59 Å². The highest BCUT2D eigenvalue weighted by Gasteiger charge is 2.17. The standard InChI is InChI=1S/C26H28N4O3/c1-17-9-11-20(12-10-17)15-29-18(2)22-14-28-30(26(32)25(22)19(29)3)16-24(31)27-13-21-7-5-6-8-23(21)33-4/h5-12,14H,13,15-16H2,1-4H3,(H,27,31). The molecule has 0 aliphatic heterocycles. The first kappa shape index (κ1) is 22.3. The maximum atomic E-state index is 13.2. The first-order chi connectivity index (χ1) is 15.9. The van der Waals surface area contributed by atoms with Gasteiger partial charge in [0.1, 0.15) is 12.3 Å². The molecule has 7 nitrogen and oxygen atoms in total. The summed E-state index contributed by atoms with van der Waals surface area (Å²) in [5.74, 6) is 0.416. The van der Waals surface area contributed by atoms with Gasteiger partial charge in [-0.2, -0.15) is 5.10 Å². The van der Waals surface area contributed by atoms with Crippen LogP contribution in [0.3, 0.4) is 0 Å². The van der Waals surface area contributed by atoms with Crippen LogP contribution < -0.4 is 15.6 Å². The highest BCUT2D eigenvalue weighted by atomic mass is 16.5. The lowest BCUT2D eigenvalue weighted by Gasteiger charge is -2.10. The fraction of sp³-hybridized carbons (Fsp3) is 0.269. The van der Waals surface area contributed by atoms with E-state index in [0.29, 0.717) is 24.2 Å². The second-order valence-electron chi connectivity index (χ2n) is 8.23. The van der Waals surface area contributed by atoms with Crippen LogP contribution in [0.5, 0.6) is 5.75 Å². The van der Waals surface area contributed by atoms with Gasteiger partial charge < -0.3 is 14.6 Å². The lowest BCUT2D eigenvalue weighted by atomic mass is 10.1. The molecular formula is C26H28N4O3. The molecule has 0 aliphatic carbocycles. The third kappa shape index (κ3) is 4.53. The summed E-state index contributed by atoms with van der Waals surface area (Å²) in [6.45, 7) is 6.83. The van der Waals surface area contributed by atoms with Crippen molar-refractivity contribution in [3.63, 3.8) is 0 Å². The van der Waals surface area contributed by atoms with E-state index in [9.17, 15) is 9.59 Å². The second kappa shape index (κ2) is 9.32. The molecule has 0 radical (unpaired) electrons. The summed E-state index contributed by atoms with van der Waals surface area (Å²) in [4.78, 5) is 25.8. The molecule has 33 heavy (non-hydrogen) atoms. The minimum absolute atomic E-state index is 0.147. The number of para-hydroxylation sites is 1. The quantitative estimate of drug-likeness (QED) is 0.473. The molecular weight excluding hydrogens is 416 g/mol. The monoisotopic (exact) mass is 444 g/mol. The molecule has 2 aromatic carbocycles. The normalized spacial score (nSPS) is 11.0. The van der Waals surface area contributed by atoms with Crippen molar-refractivity contribution >= 4 is 16.7 Å². The Morgan fingerprint density at radius 1 is 1.03 bits per heavy atom. The smallest absolute Gasteiger partial charge is 0.276 e. The number of rotatable bonds is 7. The van der Waals surface area contributed by atoms with E-state index >= 15 is 0 Å². The summed E-state index contributed by atoms with van der Waals surface area (Å²) in [6.07, 6.45) is 1.68. The lowest BCUT2D eigenvalue weighted by molar-refractivity contribution is -0.122. The van der Waals surface area contributed by atoms with Crippen LogP contribution in [0.4, 0.5) is 0 Å². The SMILES string of the molecule is COc1ccccc1CNC(=O)Cn1ncc2c(C)n(Cc3ccc(C)cc3)c(C)c2c1=O. The van der Waals surface area contributed by atoms with Gasteiger partial charge in [-0.15, -0.1) is 0 Å². The summed E-state index contributed by atoms with van der Waals surface area (Å²) in [5, 5.41) is 8.54. The van der Waals surface area contributed by atoms with Crippen LogP contribution in [0.25, 0.3) is 10.8 Å². The van der Waals surface area contributed by atoms with Crippen LogP contribution in [-0.2, 0) is 24.4 Å². The predicted molar refractivity (Wildman–Crippen MR) is 129 cm³/mol. The average molecular weight is 445 g/mol. The molecule has 7 heteroatoms. The Morgan fingerprint density at radius 2 is 1.76 bits per heavy atom. The zero-order chi connectivity index (χ0) is 23.5. The summed E-state index contributed by atoms with van der Waals surface area (Å²) in [7, 11) is 1.59. The number of methoxy groups -OCH3 is 1. The molecule has 0 saturated heterocycles. The number of fused-ring (bicyclic) bond motifs is 1. The zero-order valence-corrected chi connectivity index (χ0v) is 19.4. The number of aryl methyl sites for hydroxylation is 3. The number of aromatic nitrogens is 3. The van der Waals surface area contributed by atoms with E-state index in [2.05, 4.69) is 46.2 Å². The molecule has 0 saturated carbocycles. The Bertz CT molecular complexity index is 1370. The topological polar surface area (TPSA) is 78.2 Å². The maximum absolute atomic E-state index is 13.2. The molecule has 4 aromatic rings. The van der Waals surface area contributed by atoms with E-state index < -0.39 is 0 Å². The number of benzene rings is 2. The molecule has 1 amide bonds. The summed E-state index contributed by atoms with van der Waals surface area (Å²) < 4.78 is 8.67. The number of carbonyl (C=O) groups excluding carboxylic acids is 1. The number of hydrogen-bond acceptors (Lipinski definition) is 4. The van der Waals surface area contributed by atoms with E-state index in [4.69, 9.17) is 4.74 Å². The van der Waals surface area contributed by atoms with Crippen molar-refractivity contribution in [2.24, 2.45) is 0 Å². The van der Waals surface area contributed by atoms with E-state index in [0.717, 1.165) is 27.9 Å². The lowest BCUT2D eigenvalue weighted by Crippen LogP contribution is -2.33. The van der Waals surface area contributed by atoms with Gasteiger partial charge in [0.15, 0.2) is 0 Å². The van der Waals surface area contributed by atoms with Gasteiger partial charge in [0.25, 0.3) is 5.56 Å². The number of amides is 1. The molecule has 4 rings (SSSR count). The number of carbonyl (C=O) groups is 1. The largest absolute Gasteiger partial charge is 0.496 e. The van der Waals surface area contributed by atoms with Gasteiger partial charge in [-0.25, -0.2) is 4.68 Å². The second-order valence-corrected chi connectivity index (χ2v) is 8.23. The Labute approximate surface area is 192 Å². The minimum atomic E-state index is -0.289. The highest BCUT2D eigenvalue weighted by Crippen LogP contribution is 2.23. The van der Waals surface area contributed by atoms with Gasteiger partial charge in [-0.1, -0.05) is 48.0 Å². The van der Waals surface area contributed by atoms with E-state index in [1.807, 2.05) is 38.1 Å². The van der Waals surface area contributed by atoms with Crippen molar-refractivity contribution in [1.82, 2.24) is 19.7 Å². The number of hydrogen-bond donors (Lipinski definition) is 1. The van der Waals surface area contributed by atoms with E-state index in [-0.39, 0.29) is 18.0 Å². The Morgan fingerprint density at radius 3 is 2.48 bits per heavy atom. The van der Waals surface area contributed by atoms with Crippen molar-refractivity contribution in [2.75, 3.05) is 7.11 Å². The molecule has 0 atom stereocenters. The molecule has 0 aliphatic rings. The highest BCUT2D eigenvalue weighted by molar-refractivity contribution is 5.87. The molecule has 2 heterocycles. The molecule has 0 spiro atoms. The van der Waals surface area contributed by atoms with E-state index in [1.54, 1.807) is 13.3 Å². The summed E-state index contributed by atoms with van der Waals surface area (Å²) in [6, 6.07) is 15.9. The third-order valence-corrected chi connectivity index (χ3v) is 6.03. The fourth-order valence-electron chi connectivity index (χ4n) is 4.11. The van der Waals surface area contributed by atoms with Gasteiger partial charge >= 0.3 is 0 Å². The average Bonchev–Trinajstić information content (AvgIpc) is 3.06. The van der Waals surface area contributed by atoms with Gasteiger partial charge in [0.2, 0.25) is 5.91 Å². The number of ether oxygens (including phenoxy) is 1. The molecule has 0 fully saturated rings. The van der Waals surface area contributed by atoms with Gasteiger partial charge in [0, 0.05) is 35.4 Å². The third-order valence-electron chi connectivity index (χ3n) is 6.03. The van der Waals surface area contributed by atoms with Crippen molar-refractivity contribution in [1.29, 1.82) is 0 Å². The first-order valence-corrected chi connectivity index (χ1v) is 10.9. The van der Waals surface area contributed by atoms with Crippen LogP contribution in [0.2, 0.25) is 0 Å². The van der Waals surface area contributed by atoms with Crippen LogP contribution in [0, 0.1) is 20.8 Å². The van der Waals surface area contributed by atoms with Crippen molar-refractivity contribution in [3.05, 3.63) is 93.2 Å². The summed E-state index contributed by atoms with van der Waals surface area (Å²) >= 11 is 0. The van der Waals surface area contributed by atoms with Gasteiger partial charge in [-0.05, 0) is 32.4 Å². The molecule has 2 aromatic heterocycles. The van der Waals surface area contributed by atoms with Gasteiger partial charge in [0.05, 0.1) is 18.7 Å². The van der Waals surface area contributed by atoms with Crippen molar-refractivity contribution in [3.8, 4) is 5.75 Å². The molecule has 170 valence electrons. The Balaban J connectivity index is 1.56. The number of nitrogens with zero attached hydrogens (tertiary/aromatic N) is 3. The van der Waals surface area contributed by atoms with E-state index in [1.165, 1.54) is 10.2 Å². The van der Waals surface area contributed by atoms with Crippen molar-refractivity contribution in [2.45, 2.75) is 40.4 Å². The maximum Gasteiger partial charge on any atom is 0.276 e. The number of nitrogens with one attached hydrogen (secondary N) is 1. The first-order valence-electron chi connectivity index (χ1n) is 10.9. The van der Waals surface area contributed by atoms with Crippen LogP contribution in [0.1, 0.15) is 28.1 Å². The Hall–Kier alpha value is -3.87. The molecule has 1 N–H and O–H groups in total. The minimum Gasteiger partial charge on any atom is -0.496 e. The van der Waals surface area contributed by atoms with Crippen molar-refractivity contribution < 1.29 is 9.53 Å². The Kier molecular flexibility index (Phi) is 6.31. The molecule has 0 bridgehead atoms. The predicted octanol–water partition coefficient (Wildman–Crippen LogP) is 3.50. The van der Waals surface area contributed by atoms with Crippen LogP contribution >= 0.6 is 0 Å².